The van der Waals surface area contributed by atoms with Crippen LogP contribution in [0.3, 0.4) is 0 Å². The summed E-state index contributed by atoms with van der Waals surface area (Å²) in [6, 6.07) is 9.70. The summed E-state index contributed by atoms with van der Waals surface area (Å²) in [5, 5.41) is 11.2. The van der Waals surface area contributed by atoms with E-state index in [1.54, 1.807) is 4.57 Å². The van der Waals surface area contributed by atoms with Crippen molar-refractivity contribution < 1.29 is 9.90 Å². The summed E-state index contributed by atoms with van der Waals surface area (Å²) >= 11 is 0. The van der Waals surface area contributed by atoms with Crippen molar-refractivity contribution in [2.75, 3.05) is 24.5 Å². The van der Waals surface area contributed by atoms with Crippen LogP contribution in [0.15, 0.2) is 47.5 Å². The smallest absolute Gasteiger partial charge is 0.404 e. The molecule has 1 aromatic carbocycles. The van der Waals surface area contributed by atoms with Crippen LogP contribution in [0.1, 0.15) is 25.8 Å². The maximum absolute atomic E-state index is 13.3. The van der Waals surface area contributed by atoms with E-state index in [9.17, 15) is 9.59 Å². The Morgan fingerprint density at radius 1 is 1.20 bits per heavy atom. The predicted octanol–water partition coefficient (Wildman–Crippen LogP) is 2.35. The second-order valence-corrected chi connectivity index (χ2v) is 7.44. The fourth-order valence-electron chi connectivity index (χ4n) is 3.27. The van der Waals surface area contributed by atoms with Gasteiger partial charge in [0.15, 0.2) is 11.2 Å². The lowest BCUT2D eigenvalue weighted by Gasteiger charge is -2.28. The van der Waals surface area contributed by atoms with Gasteiger partial charge in [0.1, 0.15) is 0 Å². The number of benzene rings is 1. The molecule has 0 fully saturated rings. The van der Waals surface area contributed by atoms with E-state index < -0.39 is 6.09 Å². The van der Waals surface area contributed by atoms with Crippen LogP contribution < -0.4 is 15.8 Å². The van der Waals surface area contributed by atoms with Gasteiger partial charge in [0, 0.05) is 32.0 Å². The number of hydrogen-bond donors (Lipinski definition) is 2. The quantitative estimate of drug-likeness (QED) is 0.521. The van der Waals surface area contributed by atoms with Gasteiger partial charge >= 0.3 is 6.09 Å². The first kappa shape index (κ1) is 21.2. The topological polar surface area (TPSA) is 113 Å². The van der Waals surface area contributed by atoms with Crippen molar-refractivity contribution >= 4 is 23.2 Å². The highest BCUT2D eigenvalue weighted by Gasteiger charge is 2.19. The lowest BCUT2D eigenvalue weighted by atomic mass is 10.2. The van der Waals surface area contributed by atoms with E-state index in [4.69, 9.17) is 5.11 Å². The zero-order valence-electron chi connectivity index (χ0n) is 17.2. The van der Waals surface area contributed by atoms with Crippen molar-refractivity contribution in [1.82, 2.24) is 24.8 Å². The number of nitrogens with zero attached hydrogens (tertiary/aromatic N) is 5. The van der Waals surface area contributed by atoms with Gasteiger partial charge in [-0.05, 0) is 17.9 Å². The molecule has 1 amide bonds. The Bertz CT molecular complexity index is 1050. The highest BCUT2D eigenvalue weighted by Crippen LogP contribution is 2.17. The first-order valence-electron chi connectivity index (χ1n) is 9.93. The third-order valence-electron chi connectivity index (χ3n) is 4.51. The third kappa shape index (κ3) is 5.31. The maximum atomic E-state index is 13.3. The highest BCUT2D eigenvalue weighted by atomic mass is 16.4. The van der Waals surface area contributed by atoms with Crippen molar-refractivity contribution in [2.24, 2.45) is 5.92 Å². The summed E-state index contributed by atoms with van der Waals surface area (Å²) in [4.78, 5) is 39.1. The van der Waals surface area contributed by atoms with Gasteiger partial charge in [0.2, 0.25) is 5.95 Å². The molecular weight excluding hydrogens is 384 g/mol. The van der Waals surface area contributed by atoms with Gasteiger partial charge < -0.3 is 15.3 Å². The fourth-order valence-corrected chi connectivity index (χ4v) is 3.27. The molecule has 3 rings (SSSR count). The number of hydrogen-bond acceptors (Lipinski definition) is 6. The third-order valence-corrected chi connectivity index (χ3v) is 4.51. The Hall–Kier alpha value is -3.49. The molecule has 0 saturated heterocycles. The van der Waals surface area contributed by atoms with E-state index in [0.29, 0.717) is 50.1 Å². The van der Waals surface area contributed by atoms with Crippen LogP contribution in [0.2, 0.25) is 0 Å². The molecule has 158 valence electrons. The summed E-state index contributed by atoms with van der Waals surface area (Å²) in [5.74, 6) is 0.831. The SMILES string of the molecule is CC(C)CN(CCCNC(=O)O)c1nc2nccnc2c(=O)n1Cc1ccccc1. The molecule has 2 N–H and O–H groups in total. The summed E-state index contributed by atoms with van der Waals surface area (Å²) in [6.45, 7) is 6.06. The highest BCUT2D eigenvalue weighted by molar-refractivity contribution is 5.69. The van der Waals surface area contributed by atoms with E-state index in [1.807, 2.05) is 35.2 Å². The van der Waals surface area contributed by atoms with E-state index in [2.05, 4.69) is 34.1 Å². The van der Waals surface area contributed by atoms with E-state index >= 15 is 0 Å². The van der Waals surface area contributed by atoms with Crippen LogP contribution in [-0.4, -0.2) is 50.4 Å². The second-order valence-electron chi connectivity index (χ2n) is 7.44. The number of nitrogens with one attached hydrogen (secondary N) is 1. The van der Waals surface area contributed by atoms with Crippen LogP contribution in [0.4, 0.5) is 10.7 Å². The maximum Gasteiger partial charge on any atom is 0.404 e. The van der Waals surface area contributed by atoms with Crippen molar-refractivity contribution in [1.29, 1.82) is 0 Å². The first-order chi connectivity index (χ1) is 14.5. The number of fused-ring (bicyclic) bond motifs is 1. The van der Waals surface area contributed by atoms with Gasteiger partial charge in [0.05, 0.1) is 6.54 Å². The molecule has 0 saturated carbocycles. The Kier molecular flexibility index (Phi) is 6.95. The minimum atomic E-state index is -1.05. The number of carboxylic acid groups (broad SMARTS) is 1. The summed E-state index contributed by atoms with van der Waals surface area (Å²) in [7, 11) is 0. The molecule has 0 aliphatic heterocycles. The average Bonchev–Trinajstić information content (AvgIpc) is 2.72. The zero-order chi connectivity index (χ0) is 21.5. The molecule has 0 aliphatic carbocycles. The number of aromatic nitrogens is 4. The van der Waals surface area contributed by atoms with E-state index in [1.165, 1.54) is 12.4 Å². The van der Waals surface area contributed by atoms with E-state index in [-0.39, 0.29) is 11.1 Å². The molecular formula is C21H26N6O3. The standard InChI is InChI=1S/C21H26N6O3/c1-15(2)13-26(12-6-9-24-21(29)30)20-25-18-17(22-10-11-23-18)19(28)27(20)14-16-7-4-3-5-8-16/h3-5,7-8,10-11,15,24H,6,9,12-14H2,1-2H3,(H,29,30). The van der Waals surface area contributed by atoms with Gasteiger partial charge in [-0.1, -0.05) is 44.2 Å². The zero-order valence-corrected chi connectivity index (χ0v) is 17.2. The molecule has 0 aliphatic rings. The monoisotopic (exact) mass is 410 g/mol. The molecule has 0 atom stereocenters. The van der Waals surface area contributed by atoms with Gasteiger partial charge in [-0.3, -0.25) is 9.36 Å². The lowest BCUT2D eigenvalue weighted by molar-refractivity contribution is 0.194. The van der Waals surface area contributed by atoms with Crippen LogP contribution in [0.5, 0.6) is 0 Å². The van der Waals surface area contributed by atoms with Crippen LogP contribution in [0.25, 0.3) is 11.2 Å². The molecule has 0 bridgehead atoms. The molecule has 2 heterocycles. The molecule has 0 unspecified atom stereocenters. The molecule has 3 aromatic rings. The first-order valence-corrected chi connectivity index (χ1v) is 9.93. The van der Waals surface area contributed by atoms with Crippen LogP contribution in [-0.2, 0) is 6.54 Å². The number of anilines is 1. The van der Waals surface area contributed by atoms with Gasteiger partial charge in [-0.2, -0.15) is 4.98 Å². The molecule has 2 aromatic heterocycles. The largest absolute Gasteiger partial charge is 0.465 e. The lowest BCUT2D eigenvalue weighted by Crippen LogP contribution is -2.37. The van der Waals surface area contributed by atoms with E-state index in [0.717, 1.165) is 5.56 Å². The Balaban J connectivity index is 2.03. The van der Waals surface area contributed by atoms with Gasteiger partial charge in [0.25, 0.3) is 5.56 Å². The number of amides is 1. The van der Waals surface area contributed by atoms with Crippen molar-refractivity contribution in [2.45, 2.75) is 26.8 Å². The van der Waals surface area contributed by atoms with Gasteiger partial charge in [-0.25, -0.2) is 14.8 Å². The summed E-state index contributed by atoms with van der Waals surface area (Å²) in [6.07, 6.45) is 2.54. The minimum Gasteiger partial charge on any atom is -0.465 e. The van der Waals surface area contributed by atoms with Crippen molar-refractivity contribution in [3.8, 4) is 0 Å². The van der Waals surface area contributed by atoms with Crippen LogP contribution >= 0.6 is 0 Å². The fraction of sp³-hybridized carbons (Fsp3) is 0.381. The number of carbonyl (C=O) groups is 1. The predicted molar refractivity (Wildman–Crippen MR) is 115 cm³/mol. The van der Waals surface area contributed by atoms with Crippen molar-refractivity contribution in [3.63, 3.8) is 0 Å². The summed E-state index contributed by atoms with van der Waals surface area (Å²) in [5.41, 5.74) is 1.26. The minimum absolute atomic E-state index is 0.231. The van der Waals surface area contributed by atoms with Crippen LogP contribution in [0, 0.1) is 5.92 Å². The second kappa shape index (κ2) is 9.82. The Labute approximate surface area is 174 Å². The molecule has 0 spiro atoms. The Morgan fingerprint density at radius 3 is 2.63 bits per heavy atom. The van der Waals surface area contributed by atoms with Crippen molar-refractivity contribution in [3.05, 3.63) is 58.6 Å². The average molecular weight is 410 g/mol. The Morgan fingerprint density at radius 2 is 1.93 bits per heavy atom. The summed E-state index contributed by atoms with van der Waals surface area (Å²) < 4.78 is 1.62. The van der Waals surface area contributed by atoms with Gasteiger partial charge in [-0.15, -0.1) is 0 Å². The number of rotatable bonds is 9. The molecule has 30 heavy (non-hydrogen) atoms. The molecule has 0 radical (unpaired) electrons. The molecule has 9 nitrogen and oxygen atoms in total. The molecule has 9 heteroatoms. The normalized spacial score (nSPS) is 11.0.